The van der Waals surface area contributed by atoms with Gasteiger partial charge in [0, 0.05) is 32.5 Å². The summed E-state index contributed by atoms with van der Waals surface area (Å²) in [6.07, 6.45) is 3.39. The van der Waals surface area contributed by atoms with Crippen molar-refractivity contribution in [3.05, 3.63) is 48.3 Å². The Hall–Kier alpha value is -2.65. The summed E-state index contributed by atoms with van der Waals surface area (Å²) >= 11 is 0. The van der Waals surface area contributed by atoms with Crippen LogP contribution in [0.4, 0.5) is 5.69 Å². The lowest BCUT2D eigenvalue weighted by atomic mass is 10.3. The topological polar surface area (TPSA) is 97.7 Å². The van der Waals surface area contributed by atoms with E-state index in [2.05, 4.69) is 5.32 Å². The van der Waals surface area contributed by atoms with E-state index in [9.17, 15) is 18.0 Å². The number of hydrogen-bond donors (Lipinski definition) is 1. The van der Waals surface area contributed by atoms with Gasteiger partial charge in [-0.15, -0.1) is 0 Å². The number of carbonyl (C=O) groups excluding carboxylic acids is 2. The Morgan fingerprint density at radius 3 is 2.43 bits per heavy atom. The first-order valence-electron chi connectivity index (χ1n) is 8.90. The molecule has 1 heterocycles. The molecule has 0 saturated heterocycles. The maximum atomic E-state index is 12.5. The molecular formula is C19H25N3O5S. The second kappa shape index (κ2) is 9.52. The highest BCUT2D eigenvalue weighted by atomic mass is 32.2. The third kappa shape index (κ3) is 5.43. The molecule has 0 radical (unpaired) electrons. The van der Waals surface area contributed by atoms with E-state index in [4.69, 9.17) is 4.74 Å². The van der Waals surface area contributed by atoms with Gasteiger partial charge < -0.3 is 14.6 Å². The molecule has 0 aliphatic heterocycles. The van der Waals surface area contributed by atoms with Gasteiger partial charge in [0.1, 0.15) is 5.69 Å². The number of rotatable bonds is 9. The minimum Gasteiger partial charge on any atom is -0.451 e. The molecule has 9 heteroatoms. The van der Waals surface area contributed by atoms with Gasteiger partial charge >= 0.3 is 5.97 Å². The number of anilines is 1. The summed E-state index contributed by atoms with van der Waals surface area (Å²) in [6, 6.07) is 9.16. The highest BCUT2D eigenvalue weighted by Gasteiger charge is 2.20. The van der Waals surface area contributed by atoms with Crippen molar-refractivity contribution in [1.82, 2.24) is 8.87 Å². The van der Waals surface area contributed by atoms with E-state index in [1.807, 2.05) is 6.92 Å². The van der Waals surface area contributed by atoms with Crippen molar-refractivity contribution in [2.24, 2.45) is 7.05 Å². The zero-order valence-electron chi connectivity index (χ0n) is 16.2. The van der Waals surface area contributed by atoms with Crippen molar-refractivity contribution >= 4 is 27.6 Å². The lowest BCUT2D eigenvalue weighted by Gasteiger charge is -2.17. The first-order valence-corrected chi connectivity index (χ1v) is 10.3. The van der Waals surface area contributed by atoms with E-state index < -0.39 is 28.5 Å². The van der Waals surface area contributed by atoms with Gasteiger partial charge in [-0.25, -0.2) is 17.5 Å². The van der Waals surface area contributed by atoms with E-state index >= 15 is 0 Å². The monoisotopic (exact) mass is 407 g/mol. The molecule has 0 aliphatic rings. The summed E-state index contributed by atoms with van der Waals surface area (Å²) < 4.78 is 32.8. The van der Waals surface area contributed by atoms with Crippen LogP contribution in [0.5, 0.6) is 0 Å². The van der Waals surface area contributed by atoms with Crippen LogP contribution in [-0.2, 0) is 26.6 Å². The number of benzene rings is 1. The smallest absolute Gasteiger partial charge is 0.355 e. The third-order valence-electron chi connectivity index (χ3n) is 4.16. The second-order valence-electron chi connectivity index (χ2n) is 6.33. The van der Waals surface area contributed by atoms with Crippen LogP contribution in [0.25, 0.3) is 0 Å². The number of esters is 1. The second-order valence-corrected chi connectivity index (χ2v) is 8.38. The largest absolute Gasteiger partial charge is 0.451 e. The quantitative estimate of drug-likeness (QED) is 0.643. The number of carbonyl (C=O) groups is 2. The zero-order chi connectivity index (χ0) is 20.7. The van der Waals surface area contributed by atoms with Crippen molar-refractivity contribution in [3.8, 4) is 0 Å². The predicted octanol–water partition coefficient (Wildman–Crippen LogP) is 2.24. The molecule has 8 nitrogen and oxygen atoms in total. The van der Waals surface area contributed by atoms with Crippen molar-refractivity contribution in [2.45, 2.75) is 24.7 Å². The Bertz CT molecular complexity index is 919. The molecule has 2 aromatic rings. The number of aromatic nitrogens is 1. The average molecular weight is 407 g/mol. The predicted molar refractivity (Wildman–Crippen MR) is 105 cm³/mol. The minimum atomic E-state index is -3.56. The van der Waals surface area contributed by atoms with E-state index in [0.29, 0.717) is 17.9 Å². The highest BCUT2D eigenvalue weighted by molar-refractivity contribution is 7.89. The van der Waals surface area contributed by atoms with Gasteiger partial charge in [-0.1, -0.05) is 13.3 Å². The fourth-order valence-electron chi connectivity index (χ4n) is 2.47. The summed E-state index contributed by atoms with van der Waals surface area (Å²) in [6.45, 7) is 2.00. The van der Waals surface area contributed by atoms with E-state index in [0.717, 1.165) is 12.8 Å². The van der Waals surface area contributed by atoms with Gasteiger partial charge in [-0.3, -0.25) is 4.79 Å². The maximum Gasteiger partial charge on any atom is 0.355 e. The molecule has 1 aromatic heterocycles. The van der Waals surface area contributed by atoms with Gasteiger partial charge in [-0.2, -0.15) is 0 Å². The van der Waals surface area contributed by atoms with Gasteiger partial charge in [0.25, 0.3) is 5.91 Å². The van der Waals surface area contributed by atoms with Crippen LogP contribution in [0.15, 0.2) is 47.5 Å². The molecule has 0 saturated carbocycles. The first kappa shape index (κ1) is 21.6. The highest BCUT2D eigenvalue weighted by Crippen LogP contribution is 2.18. The van der Waals surface area contributed by atoms with Gasteiger partial charge in [0.05, 0.1) is 4.90 Å². The number of nitrogens with zero attached hydrogens (tertiary/aromatic N) is 2. The lowest BCUT2D eigenvalue weighted by Crippen LogP contribution is -2.28. The van der Waals surface area contributed by atoms with Crippen LogP contribution >= 0.6 is 0 Å². The molecule has 152 valence electrons. The number of ether oxygens (including phenoxy) is 1. The molecule has 0 bridgehead atoms. The number of hydrogen-bond acceptors (Lipinski definition) is 5. The normalized spacial score (nSPS) is 11.4. The molecule has 28 heavy (non-hydrogen) atoms. The summed E-state index contributed by atoms with van der Waals surface area (Å²) in [7, 11) is -0.314. The van der Waals surface area contributed by atoms with E-state index in [-0.39, 0.29) is 4.90 Å². The van der Waals surface area contributed by atoms with Crippen LogP contribution in [0.1, 0.15) is 30.3 Å². The molecule has 1 N–H and O–H groups in total. The van der Waals surface area contributed by atoms with Gasteiger partial charge in [-0.05, 0) is 42.8 Å². The lowest BCUT2D eigenvalue weighted by molar-refractivity contribution is -0.119. The standard InChI is InChI=1S/C19H25N3O5S/c1-4-5-13-22(3)28(25,26)16-10-8-15(9-11-16)20-18(23)14-27-19(24)17-7-6-12-21(17)2/h6-12H,4-5,13-14H2,1-3H3,(H,20,23). The SMILES string of the molecule is CCCCN(C)S(=O)(=O)c1ccc(NC(=O)COC(=O)c2cccn2C)cc1. The van der Waals surface area contributed by atoms with Crippen molar-refractivity contribution in [3.63, 3.8) is 0 Å². The number of amides is 1. The Morgan fingerprint density at radius 1 is 1.18 bits per heavy atom. The Morgan fingerprint density at radius 2 is 1.86 bits per heavy atom. The van der Waals surface area contributed by atoms with E-state index in [1.165, 1.54) is 28.6 Å². The van der Waals surface area contributed by atoms with Crippen LogP contribution in [0, 0.1) is 0 Å². The van der Waals surface area contributed by atoms with Crippen molar-refractivity contribution in [2.75, 3.05) is 25.5 Å². The molecule has 0 spiro atoms. The number of aryl methyl sites for hydroxylation is 1. The summed E-state index contributed by atoms with van der Waals surface area (Å²) in [4.78, 5) is 24.0. The molecule has 1 amide bonds. The Balaban J connectivity index is 1.92. The van der Waals surface area contributed by atoms with Crippen LogP contribution in [0.3, 0.4) is 0 Å². The van der Waals surface area contributed by atoms with Crippen molar-refractivity contribution in [1.29, 1.82) is 0 Å². The number of nitrogens with one attached hydrogen (secondary N) is 1. The van der Waals surface area contributed by atoms with Gasteiger partial charge in [0.15, 0.2) is 6.61 Å². The number of unbranched alkanes of at least 4 members (excludes halogenated alkanes) is 1. The van der Waals surface area contributed by atoms with Crippen LogP contribution in [0.2, 0.25) is 0 Å². The maximum absolute atomic E-state index is 12.5. The molecule has 0 fully saturated rings. The fraction of sp³-hybridized carbons (Fsp3) is 0.368. The molecule has 1 aromatic carbocycles. The molecule has 0 unspecified atom stereocenters. The molecule has 0 atom stereocenters. The third-order valence-corrected chi connectivity index (χ3v) is 6.03. The summed E-state index contributed by atoms with van der Waals surface area (Å²) in [5.41, 5.74) is 0.754. The number of sulfonamides is 1. The first-order chi connectivity index (χ1) is 13.3. The molecular weight excluding hydrogens is 382 g/mol. The molecule has 2 rings (SSSR count). The fourth-order valence-corrected chi connectivity index (χ4v) is 3.68. The summed E-state index contributed by atoms with van der Waals surface area (Å²) in [5, 5.41) is 2.57. The minimum absolute atomic E-state index is 0.152. The zero-order valence-corrected chi connectivity index (χ0v) is 17.0. The summed E-state index contributed by atoms with van der Waals surface area (Å²) in [5.74, 6) is -1.11. The van der Waals surface area contributed by atoms with Crippen molar-refractivity contribution < 1.29 is 22.7 Å². The average Bonchev–Trinajstić information content (AvgIpc) is 3.10. The van der Waals surface area contributed by atoms with Crippen LogP contribution in [-0.4, -0.2) is 49.4 Å². The Labute approximate surface area is 165 Å². The Kier molecular flexibility index (Phi) is 7.36. The van der Waals surface area contributed by atoms with E-state index in [1.54, 1.807) is 37.0 Å². The van der Waals surface area contributed by atoms with Crippen LogP contribution < -0.4 is 5.32 Å². The molecule has 0 aliphatic carbocycles. The van der Waals surface area contributed by atoms with Gasteiger partial charge in [0.2, 0.25) is 10.0 Å².